The molecule has 0 aliphatic heterocycles. The summed E-state index contributed by atoms with van der Waals surface area (Å²) in [7, 11) is 0. The van der Waals surface area contributed by atoms with Crippen LogP contribution in [0.4, 0.5) is 0 Å². The Morgan fingerprint density at radius 2 is 2.19 bits per heavy atom. The van der Waals surface area contributed by atoms with E-state index in [4.69, 9.17) is 5.73 Å². The Kier molecular flexibility index (Phi) is 3.72. The topological polar surface area (TPSA) is 70.9 Å². The fourth-order valence-corrected chi connectivity index (χ4v) is 2.87. The highest BCUT2D eigenvalue weighted by atomic mass is 16.2. The van der Waals surface area contributed by atoms with Gasteiger partial charge in [-0.25, -0.2) is 0 Å². The van der Waals surface area contributed by atoms with E-state index in [9.17, 15) is 4.79 Å². The van der Waals surface area contributed by atoms with E-state index in [1.54, 1.807) is 0 Å². The number of fused-ring (bicyclic) bond motifs is 1. The molecule has 4 heteroatoms. The Labute approximate surface area is 125 Å². The molecule has 0 radical (unpaired) electrons. The highest BCUT2D eigenvalue weighted by Crippen LogP contribution is 2.47. The lowest BCUT2D eigenvalue weighted by molar-refractivity contribution is -0.122. The van der Waals surface area contributed by atoms with Gasteiger partial charge in [-0.05, 0) is 42.7 Å². The van der Waals surface area contributed by atoms with Crippen LogP contribution in [0.2, 0.25) is 0 Å². The summed E-state index contributed by atoms with van der Waals surface area (Å²) in [6, 6.07) is 7.60. The van der Waals surface area contributed by atoms with E-state index in [0.29, 0.717) is 11.8 Å². The third kappa shape index (κ3) is 2.95. The predicted molar refractivity (Wildman–Crippen MR) is 84.9 cm³/mol. The lowest BCUT2D eigenvalue weighted by Gasteiger charge is -2.16. The molecule has 1 heterocycles. The van der Waals surface area contributed by atoms with Crippen molar-refractivity contribution >= 4 is 16.8 Å². The van der Waals surface area contributed by atoms with E-state index in [1.807, 2.05) is 24.4 Å². The van der Waals surface area contributed by atoms with Crippen molar-refractivity contribution < 1.29 is 4.79 Å². The smallest absolute Gasteiger partial charge is 0.237 e. The number of para-hydroxylation sites is 1. The summed E-state index contributed by atoms with van der Waals surface area (Å²) in [5.74, 6) is -0.0417. The van der Waals surface area contributed by atoms with Gasteiger partial charge < -0.3 is 16.0 Å². The molecule has 1 aliphatic rings. The van der Waals surface area contributed by atoms with Crippen LogP contribution in [-0.4, -0.2) is 23.5 Å². The number of aromatic amines is 1. The Morgan fingerprint density at radius 3 is 2.90 bits per heavy atom. The molecule has 4 nitrogen and oxygen atoms in total. The lowest BCUT2D eigenvalue weighted by atomic mass is 10.0. The molecule has 1 aromatic carbocycles. The van der Waals surface area contributed by atoms with E-state index in [2.05, 4.69) is 23.3 Å². The van der Waals surface area contributed by atoms with Crippen molar-refractivity contribution in [3.8, 4) is 0 Å². The summed E-state index contributed by atoms with van der Waals surface area (Å²) in [4.78, 5) is 15.4. The summed E-state index contributed by atoms with van der Waals surface area (Å²) < 4.78 is 0. The molecule has 2 aromatic rings. The lowest BCUT2D eigenvalue weighted by Crippen LogP contribution is -2.43. The van der Waals surface area contributed by atoms with E-state index in [1.165, 1.54) is 12.8 Å². The molecule has 112 valence electrons. The summed E-state index contributed by atoms with van der Waals surface area (Å²) in [6.07, 6.45) is 6.09. The van der Waals surface area contributed by atoms with Crippen LogP contribution in [-0.2, 0) is 11.2 Å². The quantitative estimate of drug-likeness (QED) is 0.762. The summed E-state index contributed by atoms with van der Waals surface area (Å²) in [6.45, 7) is 2.95. The van der Waals surface area contributed by atoms with Gasteiger partial charge in [0.05, 0.1) is 6.04 Å². The van der Waals surface area contributed by atoms with Crippen LogP contribution in [0, 0.1) is 5.41 Å². The van der Waals surface area contributed by atoms with Crippen molar-refractivity contribution in [3.05, 3.63) is 36.0 Å². The molecule has 3 rings (SSSR count). The molecular weight excluding hydrogens is 262 g/mol. The number of H-pyrrole nitrogens is 1. The number of benzene rings is 1. The number of carbonyl (C=O) groups excluding carboxylic acids is 1. The van der Waals surface area contributed by atoms with Crippen LogP contribution in [0.15, 0.2) is 30.5 Å². The first-order valence-electron chi connectivity index (χ1n) is 7.72. The number of hydrogen-bond donors (Lipinski definition) is 3. The second-order valence-electron chi connectivity index (χ2n) is 6.24. The molecule has 21 heavy (non-hydrogen) atoms. The largest absolute Gasteiger partial charge is 0.361 e. The minimum atomic E-state index is -0.489. The molecule has 0 spiro atoms. The molecule has 0 saturated heterocycles. The maximum atomic E-state index is 12.1. The van der Waals surface area contributed by atoms with Crippen molar-refractivity contribution in [1.82, 2.24) is 10.3 Å². The van der Waals surface area contributed by atoms with Crippen LogP contribution < -0.4 is 11.1 Å². The predicted octanol–water partition coefficient (Wildman–Crippen LogP) is 2.34. The van der Waals surface area contributed by atoms with Crippen molar-refractivity contribution in [2.24, 2.45) is 11.1 Å². The SMILES string of the molecule is CCC1(CNC(=O)[C@H](N)Cc2c[nH]c3ccccc23)CC1. The Bertz CT molecular complexity index is 642. The molecule has 1 atom stereocenters. The number of hydrogen-bond acceptors (Lipinski definition) is 2. The highest BCUT2D eigenvalue weighted by molar-refractivity contribution is 5.86. The summed E-state index contributed by atoms with van der Waals surface area (Å²) >= 11 is 0. The highest BCUT2D eigenvalue weighted by Gasteiger charge is 2.40. The fraction of sp³-hybridized carbons (Fsp3) is 0.471. The molecular formula is C17H23N3O. The summed E-state index contributed by atoms with van der Waals surface area (Å²) in [5, 5.41) is 4.17. The van der Waals surface area contributed by atoms with E-state index in [-0.39, 0.29) is 5.91 Å². The van der Waals surface area contributed by atoms with Crippen LogP contribution in [0.3, 0.4) is 0 Å². The second kappa shape index (κ2) is 5.53. The van der Waals surface area contributed by atoms with Gasteiger partial charge in [0.2, 0.25) is 5.91 Å². The normalized spacial score (nSPS) is 17.6. The maximum Gasteiger partial charge on any atom is 0.237 e. The number of rotatable bonds is 6. The third-order valence-corrected chi connectivity index (χ3v) is 4.80. The van der Waals surface area contributed by atoms with Gasteiger partial charge in [0.15, 0.2) is 0 Å². The van der Waals surface area contributed by atoms with Gasteiger partial charge in [0, 0.05) is 23.6 Å². The van der Waals surface area contributed by atoms with E-state index in [0.717, 1.165) is 29.4 Å². The molecule has 1 aromatic heterocycles. The zero-order chi connectivity index (χ0) is 14.9. The first-order chi connectivity index (χ1) is 10.1. The van der Waals surface area contributed by atoms with Crippen LogP contribution in [0.1, 0.15) is 31.7 Å². The number of carbonyl (C=O) groups is 1. The van der Waals surface area contributed by atoms with Crippen molar-refractivity contribution in [2.45, 2.75) is 38.6 Å². The first-order valence-corrected chi connectivity index (χ1v) is 7.72. The average Bonchev–Trinajstić information content (AvgIpc) is 3.20. The van der Waals surface area contributed by atoms with Crippen LogP contribution in [0.5, 0.6) is 0 Å². The van der Waals surface area contributed by atoms with Crippen molar-refractivity contribution in [1.29, 1.82) is 0 Å². The average molecular weight is 285 g/mol. The van der Waals surface area contributed by atoms with Gasteiger partial charge in [-0.3, -0.25) is 4.79 Å². The second-order valence-corrected chi connectivity index (χ2v) is 6.24. The first kappa shape index (κ1) is 14.1. The van der Waals surface area contributed by atoms with Gasteiger partial charge >= 0.3 is 0 Å². The van der Waals surface area contributed by atoms with Crippen LogP contribution in [0.25, 0.3) is 10.9 Å². The molecule has 1 fully saturated rings. The third-order valence-electron chi connectivity index (χ3n) is 4.80. The molecule has 0 bridgehead atoms. The number of nitrogens with two attached hydrogens (primary N) is 1. The molecule has 1 amide bonds. The van der Waals surface area contributed by atoms with Gasteiger partial charge in [-0.1, -0.05) is 25.1 Å². The monoisotopic (exact) mass is 285 g/mol. The Morgan fingerprint density at radius 1 is 1.43 bits per heavy atom. The van der Waals surface area contributed by atoms with Crippen molar-refractivity contribution in [2.75, 3.05) is 6.54 Å². The molecule has 1 aliphatic carbocycles. The molecule has 4 N–H and O–H groups in total. The molecule has 0 unspecified atom stereocenters. The Hall–Kier alpha value is -1.81. The Balaban J connectivity index is 1.60. The zero-order valence-electron chi connectivity index (χ0n) is 12.5. The van der Waals surface area contributed by atoms with Gasteiger partial charge in [0.25, 0.3) is 0 Å². The standard InChI is InChI=1S/C17H23N3O/c1-2-17(7-8-17)11-20-16(21)14(18)9-12-10-19-15-6-4-3-5-13(12)15/h3-6,10,14,19H,2,7-9,11,18H2,1H3,(H,20,21)/t14-/m1/s1. The zero-order valence-corrected chi connectivity index (χ0v) is 12.5. The van der Waals surface area contributed by atoms with E-state index >= 15 is 0 Å². The van der Waals surface area contributed by atoms with Crippen molar-refractivity contribution in [3.63, 3.8) is 0 Å². The van der Waals surface area contributed by atoms with E-state index < -0.39 is 6.04 Å². The maximum absolute atomic E-state index is 12.1. The van der Waals surface area contributed by atoms with Gasteiger partial charge in [-0.2, -0.15) is 0 Å². The number of aromatic nitrogens is 1. The molecule has 1 saturated carbocycles. The summed E-state index contributed by atoms with van der Waals surface area (Å²) in [5.41, 5.74) is 8.61. The number of amides is 1. The van der Waals surface area contributed by atoms with Crippen LogP contribution >= 0.6 is 0 Å². The minimum Gasteiger partial charge on any atom is -0.361 e. The fourth-order valence-electron chi connectivity index (χ4n) is 2.87. The van der Waals surface area contributed by atoms with Gasteiger partial charge in [0.1, 0.15) is 0 Å². The van der Waals surface area contributed by atoms with Gasteiger partial charge in [-0.15, -0.1) is 0 Å². The number of nitrogens with one attached hydrogen (secondary N) is 2. The minimum absolute atomic E-state index is 0.0417.